The second-order valence-corrected chi connectivity index (χ2v) is 5.74. The molecule has 0 amide bonds. The smallest absolute Gasteiger partial charge is 0.139 e. The summed E-state index contributed by atoms with van der Waals surface area (Å²) in [7, 11) is 0. The van der Waals surface area contributed by atoms with Gasteiger partial charge in [0.15, 0.2) is 0 Å². The summed E-state index contributed by atoms with van der Waals surface area (Å²) >= 11 is 15.4. The van der Waals surface area contributed by atoms with Crippen LogP contribution in [0.5, 0.6) is 5.75 Å². The number of halogens is 3. The minimum absolute atomic E-state index is 0.386. The average Bonchev–Trinajstić information content (AvgIpc) is 2.43. The number of rotatable bonds is 5. The van der Waals surface area contributed by atoms with Crippen molar-refractivity contribution in [2.45, 2.75) is 13.5 Å². The highest BCUT2D eigenvalue weighted by molar-refractivity contribution is 9.10. The Morgan fingerprint density at radius 1 is 1.25 bits per heavy atom. The molecule has 2 aromatic rings. The van der Waals surface area contributed by atoms with Gasteiger partial charge in [-0.25, -0.2) is 4.98 Å². The van der Waals surface area contributed by atoms with E-state index in [9.17, 15) is 0 Å². The Bertz CT molecular complexity index is 590. The second kappa shape index (κ2) is 7.16. The van der Waals surface area contributed by atoms with Gasteiger partial charge in [-0.05, 0) is 35.0 Å². The summed E-state index contributed by atoms with van der Waals surface area (Å²) in [6, 6.07) is 7.28. The van der Waals surface area contributed by atoms with Crippen LogP contribution in [0.3, 0.4) is 0 Å². The van der Waals surface area contributed by atoms with Crippen LogP contribution in [0.4, 0.5) is 5.82 Å². The molecule has 0 atom stereocenters. The fourth-order valence-corrected chi connectivity index (χ4v) is 2.42. The number of hydrogen-bond donors (Lipinski definition) is 1. The lowest BCUT2D eigenvalue weighted by Crippen LogP contribution is -2.01. The van der Waals surface area contributed by atoms with Gasteiger partial charge in [0.1, 0.15) is 18.2 Å². The molecule has 106 valence electrons. The quantitative estimate of drug-likeness (QED) is 0.732. The average molecular weight is 376 g/mol. The van der Waals surface area contributed by atoms with Gasteiger partial charge in [-0.2, -0.15) is 0 Å². The third-order valence-electron chi connectivity index (χ3n) is 2.55. The Morgan fingerprint density at radius 3 is 2.70 bits per heavy atom. The van der Waals surface area contributed by atoms with Gasteiger partial charge in [0.2, 0.25) is 0 Å². The number of hydrogen-bond acceptors (Lipinski definition) is 3. The molecule has 0 fully saturated rings. The number of anilines is 1. The summed E-state index contributed by atoms with van der Waals surface area (Å²) in [5.41, 5.74) is 0.960. The molecule has 1 N–H and O–H groups in total. The van der Waals surface area contributed by atoms with Crippen molar-refractivity contribution < 1.29 is 4.74 Å². The van der Waals surface area contributed by atoms with Crippen molar-refractivity contribution in [3.8, 4) is 5.75 Å². The number of benzene rings is 1. The molecule has 2 rings (SSSR count). The predicted molar refractivity (Wildman–Crippen MR) is 86.9 cm³/mol. The molecule has 0 aliphatic rings. The first kappa shape index (κ1) is 15.4. The SMILES string of the molecule is CCNc1ccc(COc2cc(Cl)c(Br)cc2Cl)cn1. The molecule has 3 nitrogen and oxygen atoms in total. The number of aromatic nitrogens is 1. The van der Waals surface area contributed by atoms with Crippen LogP contribution < -0.4 is 10.1 Å². The van der Waals surface area contributed by atoms with E-state index in [0.29, 0.717) is 22.4 Å². The Morgan fingerprint density at radius 2 is 2.05 bits per heavy atom. The summed E-state index contributed by atoms with van der Waals surface area (Å²) < 4.78 is 6.40. The van der Waals surface area contributed by atoms with Crippen LogP contribution >= 0.6 is 39.1 Å². The van der Waals surface area contributed by atoms with E-state index in [1.807, 2.05) is 19.1 Å². The summed E-state index contributed by atoms with van der Waals surface area (Å²) in [5, 5.41) is 4.21. The van der Waals surface area contributed by atoms with Gasteiger partial charge >= 0.3 is 0 Å². The van der Waals surface area contributed by atoms with Crippen LogP contribution in [0.2, 0.25) is 10.0 Å². The van der Waals surface area contributed by atoms with Gasteiger partial charge < -0.3 is 10.1 Å². The van der Waals surface area contributed by atoms with Crippen LogP contribution in [0.1, 0.15) is 12.5 Å². The summed E-state index contributed by atoms with van der Waals surface area (Å²) in [6.45, 7) is 3.25. The van der Waals surface area contributed by atoms with E-state index in [-0.39, 0.29) is 0 Å². The molecule has 1 aromatic carbocycles. The Labute approximate surface area is 136 Å². The zero-order valence-electron chi connectivity index (χ0n) is 10.8. The first-order valence-electron chi connectivity index (χ1n) is 6.06. The Balaban J connectivity index is 2.03. The molecule has 0 spiro atoms. The molecule has 1 aromatic heterocycles. The number of nitrogens with zero attached hydrogens (tertiary/aromatic N) is 1. The predicted octanol–water partition coefficient (Wildman–Crippen LogP) is 5.16. The second-order valence-electron chi connectivity index (χ2n) is 4.07. The van der Waals surface area contributed by atoms with Crippen molar-refractivity contribution >= 4 is 44.9 Å². The minimum atomic E-state index is 0.386. The Hall–Kier alpha value is -0.970. The molecule has 20 heavy (non-hydrogen) atoms. The largest absolute Gasteiger partial charge is 0.487 e. The van der Waals surface area contributed by atoms with E-state index in [1.165, 1.54) is 0 Å². The van der Waals surface area contributed by atoms with E-state index in [0.717, 1.165) is 22.4 Å². The third kappa shape index (κ3) is 4.01. The van der Waals surface area contributed by atoms with Gasteiger partial charge in [0.05, 0.1) is 10.0 Å². The van der Waals surface area contributed by atoms with Gasteiger partial charge in [0, 0.05) is 28.8 Å². The van der Waals surface area contributed by atoms with Crippen LogP contribution in [0.15, 0.2) is 34.9 Å². The van der Waals surface area contributed by atoms with E-state index in [4.69, 9.17) is 27.9 Å². The van der Waals surface area contributed by atoms with Crippen LogP contribution in [0.25, 0.3) is 0 Å². The molecule has 0 radical (unpaired) electrons. The molecule has 0 aliphatic carbocycles. The van der Waals surface area contributed by atoms with Crippen molar-refractivity contribution in [2.24, 2.45) is 0 Å². The number of ether oxygens (including phenoxy) is 1. The normalized spacial score (nSPS) is 10.4. The molecule has 0 aliphatic heterocycles. The van der Waals surface area contributed by atoms with Crippen molar-refractivity contribution in [3.05, 3.63) is 50.5 Å². The lowest BCUT2D eigenvalue weighted by atomic mass is 10.3. The van der Waals surface area contributed by atoms with Crippen molar-refractivity contribution in [3.63, 3.8) is 0 Å². The van der Waals surface area contributed by atoms with Crippen molar-refractivity contribution in [2.75, 3.05) is 11.9 Å². The van der Waals surface area contributed by atoms with Crippen molar-refractivity contribution in [1.29, 1.82) is 0 Å². The highest BCUT2D eigenvalue weighted by Gasteiger charge is 2.07. The first-order valence-corrected chi connectivity index (χ1v) is 7.61. The maximum Gasteiger partial charge on any atom is 0.139 e. The Kier molecular flexibility index (Phi) is 5.52. The zero-order chi connectivity index (χ0) is 14.5. The van der Waals surface area contributed by atoms with Crippen LogP contribution in [-0.4, -0.2) is 11.5 Å². The molecule has 0 unspecified atom stereocenters. The summed E-state index contributed by atoms with van der Waals surface area (Å²) in [6.07, 6.45) is 1.77. The third-order valence-corrected chi connectivity index (χ3v) is 4.04. The highest BCUT2D eigenvalue weighted by atomic mass is 79.9. The van der Waals surface area contributed by atoms with Crippen LogP contribution in [-0.2, 0) is 6.61 Å². The summed E-state index contributed by atoms with van der Waals surface area (Å²) in [4.78, 5) is 4.28. The van der Waals surface area contributed by atoms with E-state index >= 15 is 0 Å². The lowest BCUT2D eigenvalue weighted by molar-refractivity contribution is 0.306. The van der Waals surface area contributed by atoms with E-state index in [2.05, 4.69) is 26.2 Å². The van der Waals surface area contributed by atoms with Crippen LogP contribution in [0, 0.1) is 0 Å². The monoisotopic (exact) mass is 374 g/mol. The summed E-state index contributed by atoms with van der Waals surface area (Å²) in [5.74, 6) is 1.40. The molecule has 1 heterocycles. The van der Waals surface area contributed by atoms with Crippen molar-refractivity contribution in [1.82, 2.24) is 4.98 Å². The fourth-order valence-electron chi connectivity index (χ4n) is 1.57. The van der Waals surface area contributed by atoms with E-state index < -0.39 is 0 Å². The maximum absolute atomic E-state index is 6.09. The lowest BCUT2D eigenvalue weighted by Gasteiger charge is -2.10. The highest BCUT2D eigenvalue weighted by Crippen LogP contribution is 2.34. The molecular formula is C14H13BrCl2N2O. The molecule has 0 saturated heterocycles. The molecule has 0 bridgehead atoms. The molecule has 6 heteroatoms. The number of pyridine rings is 1. The minimum Gasteiger partial charge on any atom is -0.487 e. The molecule has 0 saturated carbocycles. The fraction of sp³-hybridized carbons (Fsp3) is 0.214. The standard InChI is InChI=1S/C14H13BrCl2N2O/c1-2-18-14-4-3-9(7-19-14)8-20-13-6-11(16)10(15)5-12(13)17/h3-7H,2,8H2,1H3,(H,18,19). The number of nitrogens with one attached hydrogen (secondary N) is 1. The van der Waals surface area contributed by atoms with Gasteiger partial charge in [0.25, 0.3) is 0 Å². The topological polar surface area (TPSA) is 34.1 Å². The van der Waals surface area contributed by atoms with E-state index in [1.54, 1.807) is 18.3 Å². The zero-order valence-corrected chi connectivity index (χ0v) is 13.9. The van der Waals surface area contributed by atoms with Gasteiger partial charge in [-0.1, -0.05) is 29.3 Å². The maximum atomic E-state index is 6.09. The molecular weight excluding hydrogens is 363 g/mol. The first-order chi connectivity index (χ1) is 9.60. The van der Waals surface area contributed by atoms with Gasteiger partial charge in [-0.3, -0.25) is 0 Å². The van der Waals surface area contributed by atoms with Gasteiger partial charge in [-0.15, -0.1) is 0 Å².